The van der Waals surface area contributed by atoms with Gasteiger partial charge in [-0.05, 0) is 58.8 Å². The largest absolute Gasteiger partial charge is 0.393 e. The van der Waals surface area contributed by atoms with Crippen LogP contribution in [0, 0.1) is 0 Å². The van der Waals surface area contributed by atoms with Crippen LogP contribution in [-0.4, -0.2) is 45.7 Å². The third-order valence-electron chi connectivity index (χ3n) is 5.89. The number of rotatable bonds is 15. The van der Waals surface area contributed by atoms with E-state index in [1.807, 2.05) is 6.92 Å². The van der Waals surface area contributed by atoms with Gasteiger partial charge in [0.25, 0.3) is 0 Å². The Kier molecular flexibility index (Phi) is 13.6. The first kappa shape index (κ1) is 23.9. The Morgan fingerprint density at radius 3 is 1.92 bits per heavy atom. The fraction of sp³-hybridized carbons (Fsp3) is 1.00. The minimum absolute atomic E-state index is 0.137. The number of unbranched alkanes of at least 4 members (excludes halogenated alkanes) is 7. The molecule has 156 valence electrons. The zero-order valence-electron chi connectivity index (χ0n) is 17.3. The molecule has 1 heterocycles. The van der Waals surface area contributed by atoms with E-state index in [0.717, 1.165) is 57.8 Å². The number of hydrogen-bond acceptors (Lipinski definition) is 4. The summed E-state index contributed by atoms with van der Waals surface area (Å²) >= 11 is 0. The van der Waals surface area contributed by atoms with Crippen molar-refractivity contribution in [1.29, 1.82) is 0 Å². The number of aliphatic hydroxyl groups excluding tert-OH is 3. The van der Waals surface area contributed by atoms with E-state index in [0.29, 0.717) is 6.04 Å². The molecule has 1 saturated heterocycles. The zero-order valence-corrected chi connectivity index (χ0v) is 17.3. The van der Waals surface area contributed by atoms with Gasteiger partial charge in [0.2, 0.25) is 0 Å². The minimum Gasteiger partial charge on any atom is -0.393 e. The molecule has 26 heavy (non-hydrogen) atoms. The summed E-state index contributed by atoms with van der Waals surface area (Å²) in [6.45, 7) is 3.92. The smallest absolute Gasteiger partial charge is 0.0691 e. The molecule has 4 nitrogen and oxygen atoms in total. The second kappa shape index (κ2) is 14.8. The van der Waals surface area contributed by atoms with Gasteiger partial charge in [-0.25, -0.2) is 0 Å². The van der Waals surface area contributed by atoms with E-state index in [1.54, 1.807) is 0 Å². The highest BCUT2D eigenvalue weighted by Gasteiger charge is 2.24. The zero-order chi connectivity index (χ0) is 19.2. The molecule has 0 aromatic carbocycles. The van der Waals surface area contributed by atoms with Crippen LogP contribution in [0.25, 0.3) is 0 Å². The Labute approximate surface area is 161 Å². The van der Waals surface area contributed by atoms with Gasteiger partial charge in [0.05, 0.1) is 18.3 Å². The van der Waals surface area contributed by atoms with Crippen molar-refractivity contribution in [3.05, 3.63) is 0 Å². The van der Waals surface area contributed by atoms with E-state index in [2.05, 4.69) is 12.2 Å². The molecule has 0 amide bonds. The van der Waals surface area contributed by atoms with Crippen molar-refractivity contribution < 1.29 is 15.3 Å². The Hall–Kier alpha value is -0.160. The van der Waals surface area contributed by atoms with Gasteiger partial charge in [-0.2, -0.15) is 0 Å². The van der Waals surface area contributed by atoms with Crippen LogP contribution in [0.2, 0.25) is 0 Å². The Bertz CT molecular complexity index is 325. The molecule has 0 spiro atoms. The summed E-state index contributed by atoms with van der Waals surface area (Å²) < 4.78 is 0. The fourth-order valence-electron chi connectivity index (χ4n) is 4.04. The number of aliphatic hydroxyl groups is 3. The van der Waals surface area contributed by atoms with E-state index in [-0.39, 0.29) is 24.4 Å². The fourth-order valence-corrected chi connectivity index (χ4v) is 4.04. The van der Waals surface area contributed by atoms with Crippen molar-refractivity contribution in [2.75, 3.05) is 0 Å². The topological polar surface area (TPSA) is 72.7 Å². The molecule has 4 heteroatoms. The van der Waals surface area contributed by atoms with Gasteiger partial charge in [-0.15, -0.1) is 0 Å². The standard InChI is InChI=1S/C22H45NO3/c1-18(24)12-9-7-5-3-4-6-8-10-14-21(25)15-11-13-20-16-17-22(26)19(2)23-20/h18-26H,3-17H2,1-2H3. The first-order valence-electron chi connectivity index (χ1n) is 11.3. The molecular formula is C22H45NO3. The predicted molar refractivity (Wildman–Crippen MR) is 109 cm³/mol. The third-order valence-corrected chi connectivity index (χ3v) is 5.89. The first-order valence-corrected chi connectivity index (χ1v) is 11.3. The van der Waals surface area contributed by atoms with E-state index >= 15 is 0 Å². The average Bonchev–Trinajstić information content (AvgIpc) is 2.59. The van der Waals surface area contributed by atoms with Gasteiger partial charge in [-0.3, -0.25) is 0 Å². The highest BCUT2D eigenvalue weighted by atomic mass is 16.3. The van der Waals surface area contributed by atoms with Crippen LogP contribution in [0.15, 0.2) is 0 Å². The minimum atomic E-state index is -0.193. The van der Waals surface area contributed by atoms with Gasteiger partial charge in [0.15, 0.2) is 0 Å². The maximum Gasteiger partial charge on any atom is 0.0691 e. The van der Waals surface area contributed by atoms with Crippen molar-refractivity contribution in [3.8, 4) is 0 Å². The van der Waals surface area contributed by atoms with Gasteiger partial charge in [0, 0.05) is 12.1 Å². The summed E-state index contributed by atoms with van der Waals surface area (Å²) in [5.41, 5.74) is 0. The van der Waals surface area contributed by atoms with Crippen LogP contribution in [0.1, 0.15) is 110 Å². The average molecular weight is 372 g/mol. The number of nitrogens with one attached hydrogen (secondary N) is 1. The molecule has 1 fully saturated rings. The summed E-state index contributed by atoms with van der Waals surface area (Å²) in [4.78, 5) is 0. The second-order valence-electron chi connectivity index (χ2n) is 8.64. The molecule has 0 saturated carbocycles. The molecular weight excluding hydrogens is 326 g/mol. The summed E-state index contributed by atoms with van der Waals surface area (Å²) in [5.74, 6) is 0. The molecule has 0 aromatic rings. The predicted octanol–water partition coefficient (Wildman–Crippen LogP) is 4.30. The highest BCUT2D eigenvalue weighted by Crippen LogP contribution is 2.19. The van der Waals surface area contributed by atoms with E-state index in [4.69, 9.17) is 0 Å². The molecule has 5 atom stereocenters. The van der Waals surface area contributed by atoms with Crippen molar-refractivity contribution in [1.82, 2.24) is 5.32 Å². The van der Waals surface area contributed by atoms with Gasteiger partial charge in [0.1, 0.15) is 0 Å². The summed E-state index contributed by atoms with van der Waals surface area (Å²) in [6, 6.07) is 0.720. The second-order valence-corrected chi connectivity index (χ2v) is 8.64. The van der Waals surface area contributed by atoms with Crippen LogP contribution in [0.5, 0.6) is 0 Å². The lowest BCUT2D eigenvalue weighted by Gasteiger charge is -2.33. The number of piperidine rings is 1. The molecule has 5 unspecified atom stereocenters. The monoisotopic (exact) mass is 371 g/mol. The van der Waals surface area contributed by atoms with E-state index < -0.39 is 0 Å². The summed E-state index contributed by atoms with van der Waals surface area (Å²) in [7, 11) is 0. The molecule has 4 N–H and O–H groups in total. The molecule has 1 aliphatic rings. The van der Waals surface area contributed by atoms with E-state index in [9.17, 15) is 15.3 Å². The van der Waals surface area contributed by atoms with Crippen molar-refractivity contribution in [3.63, 3.8) is 0 Å². The van der Waals surface area contributed by atoms with E-state index in [1.165, 1.54) is 38.5 Å². The van der Waals surface area contributed by atoms with Crippen LogP contribution in [-0.2, 0) is 0 Å². The summed E-state index contributed by atoms with van der Waals surface area (Å²) in [5, 5.41) is 32.6. The molecule has 0 bridgehead atoms. The molecule has 1 aliphatic heterocycles. The highest BCUT2D eigenvalue weighted by molar-refractivity contribution is 4.83. The first-order chi connectivity index (χ1) is 12.5. The lowest BCUT2D eigenvalue weighted by molar-refractivity contribution is 0.0829. The summed E-state index contributed by atoms with van der Waals surface area (Å²) in [6.07, 6.45) is 16.5. The van der Waals surface area contributed by atoms with Crippen LogP contribution in [0.4, 0.5) is 0 Å². The Balaban J connectivity index is 1.84. The Morgan fingerprint density at radius 1 is 0.808 bits per heavy atom. The Morgan fingerprint density at radius 2 is 1.35 bits per heavy atom. The maximum absolute atomic E-state index is 10.1. The maximum atomic E-state index is 10.1. The molecule has 0 aromatic heterocycles. The van der Waals surface area contributed by atoms with Crippen molar-refractivity contribution in [2.45, 2.75) is 141 Å². The lowest BCUT2D eigenvalue weighted by Crippen LogP contribution is -2.48. The van der Waals surface area contributed by atoms with Crippen molar-refractivity contribution >= 4 is 0 Å². The molecule has 0 radical (unpaired) electrons. The van der Waals surface area contributed by atoms with Crippen LogP contribution < -0.4 is 5.32 Å². The lowest BCUT2D eigenvalue weighted by atomic mass is 9.93. The SMILES string of the molecule is CC(O)CCCCCCCCCCC(O)CCCC1CCC(O)C(C)N1. The number of hydrogen-bond donors (Lipinski definition) is 4. The van der Waals surface area contributed by atoms with Gasteiger partial charge < -0.3 is 20.6 Å². The molecule has 1 rings (SSSR count). The normalized spacial score (nSPS) is 26.0. The quantitative estimate of drug-likeness (QED) is 0.324. The molecule has 0 aliphatic carbocycles. The van der Waals surface area contributed by atoms with Crippen LogP contribution >= 0.6 is 0 Å². The third kappa shape index (κ3) is 12.3. The van der Waals surface area contributed by atoms with Crippen LogP contribution in [0.3, 0.4) is 0 Å². The van der Waals surface area contributed by atoms with Gasteiger partial charge >= 0.3 is 0 Å². The van der Waals surface area contributed by atoms with Gasteiger partial charge in [-0.1, -0.05) is 51.4 Å². The van der Waals surface area contributed by atoms with Crippen molar-refractivity contribution in [2.24, 2.45) is 0 Å².